The Morgan fingerprint density at radius 1 is 1.47 bits per heavy atom. The summed E-state index contributed by atoms with van der Waals surface area (Å²) < 4.78 is 5.46. The molecule has 0 aromatic heterocycles. The minimum absolute atomic E-state index is 0.248. The van der Waals surface area contributed by atoms with Crippen LogP contribution in [0.2, 0.25) is 0 Å². The van der Waals surface area contributed by atoms with Crippen LogP contribution in [0.3, 0.4) is 0 Å². The summed E-state index contributed by atoms with van der Waals surface area (Å²) >= 11 is 0. The lowest BCUT2D eigenvalue weighted by atomic mass is 10.1. The summed E-state index contributed by atoms with van der Waals surface area (Å²) in [6, 6.07) is 6.29. The fourth-order valence-electron chi connectivity index (χ4n) is 1.85. The van der Waals surface area contributed by atoms with Gasteiger partial charge < -0.3 is 14.7 Å². The second kappa shape index (κ2) is 4.53. The highest BCUT2D eigenvalue weighted by Gasteiger charge is 2.12. The van der Waals surface area contributed by atoms with Gasteiger partial charge in [0.1, 0.15) is 5.75 Å². The Kier molecular flexibility index (Phi) is 3.11. The number of fused-ring (bicyclic) bond motifs is 1. The van der Waals surface area contributed by atoms with Gasteiger partial charge in [-0.2, -0.15) is 0 Å². The summed E-state index contributed by atoms with van der Waals surface area (Å²) in [5.74, 6) is 1.02. The molecule has 1 heterocycles. The maximum Gasteiger partial charge on any atom is 0.122 e. The molecule has 3 nitrogen and oxygen atoms in total. The van der Waals surface area contributed by atoms with Crippen LogP contribution in [0.15, 0.2) is 18.2 Å². The molecule has 3 heteroatoms. The van der Waals surface area contributed by atoms with Gasteiger partial charge in [0.25, 0.3) is 0 Å². The topological polar surface area (TPSA) is 32.7 Å². The van der Waals surface area contributed by atoms with E-state index >= 15 is 0 Å². The molecule has 1 N–H and O–H groups in total. The van der Waals surface area contributed by atoms with Gasteiger partial charge in [-0.05, 0) is 30.2 Å². The smallest absolute Gasteiger partial charge is 0.122 e. The predicted octanol–water partition coefficient (Wildman–Crippen LogP) is 1.44. The molecule has 0 aliphatic carbocycles. The third-order valence-corrected chi connectivity index (χ3v) is 2.77. The number of hydrogen-bond donors (Lipinski definition) is 1. The lowest BCUT2D eigenvalue weighted by Crippen LogP contribution is -2.19. The van der Waals surface area contributed by atoms with Gasteiger partial charge in [0.05, 0.1) is 6.61 Å². The number of benzene rings is 1. The van der Waals surface area contributed by atoms with Crippen LogP contribution < -0.4 is 9.64 Å². The van der Waals surface area contributed by atoms with Gasteiger partial charge in [-0.1, -0.05) is 0 Å². The summed E-state index contributed by atoms with van der Waals surface area (Å²) in [6.07, 6.45) is 1.82. The van der Waals surface area contributed by atoms with Crippen molar-refractivity contribution in [3.8, 4) is 5.75 Å². The molecular formula is C12H17NO2. The van der Waals surface area contributed by atoms with E-state index in [4.69, 9.17) is 9.84 Å². The molecule has 2 rings (SSSR count). The van der Waals surface area contributed by atoms with E-state index in [0.717, 1.165) is 31.7 Å². The molecular weight excluding hydrogens is 190 g/mol. The average Bonchev–Trinajstić information content (AvgIpc) is 2.72. The average molecular weight is 207 g/mol. The molecule has 1 aromatic carbocycles. The highest BCUT2D eigenvalue weighted by molar-refractivity contribution is 5.53. The summed E-state index contributed by atoms with van der Waals surface area (Å²) in [4.78, 5) is 2.16. The summed E-state index contributed by atoms with van der Waals surface area (Å²) in [6.45, 7) is 1.94. The van der Waals surface area contributed by atoms with Gasteiger partial charge in [-0.15, -0.1) is 0 Å². The van der Waals surface area contributed by atoms with E-state index in [1.807, 2.05) is 13.1 Å². The molecule has 82 valence electrons. The highest BCUT2D eigenvalue weighted by atomic mass is 16.5. The molecule has 1 aromatic rings. The van der Waals surface area contributed by atoms with E-state index in [1.165, 1.54) is 11.3 Å². The molecule has 0 unspecified atom stereocenters. The van der Waals surface area contributed by atoms with Gasteiger partial charge in [0.15, 0.2) is 0 Å². The normalized spacial score (nSPS) is 13.5. The number of hydrogen-bond acceptors (Lipinski definition) is 3. The van der Waals surface area contributed by atoms with Gasteiger partial charge in [0, 0.05) is 32.3 Å². The van der Waals surface area contributed by atoms with Crippen LogP contribution in [0.4, 0.5) is 5.69 Å². The minimum atomic E-state index is 0.248. The molecule has 1 aliphatic heterocycles. The van der Waals surface area contributed by atoms with Crippen molar-refractivity contribution in [3.05, 3.63) is 23.8 Å². The monoisotopic (exact) mass is 207 g/mol. The van der Waals surface area contributed by atoms with Crippen molar-refractivity contribution in [1.82, 2.24) is 0 Å². The van der Waals surface area contributed by atoms with E-state index < -0.39 is 0 Å². The molecule has 0 radical (unpaired) electrons. The van der Waals surface area contributed by atoms with E-state index in [-0.39, 0.29) is 6.61 Å². The minimum Gasteiger partial charge on any atom is -0.493 e. The molecule has 0 fully saturated rings. The van der Waals surface area contributed by atoms with Crippen LogP contribution >= 0.6 is 0 Å². The Hall–Kier alpha value is -1.22. The summed E-state index contributed by atoms with van der Waals surface area (Å²) in [5.41, 5.74) is 2.50. The van der Waals surface area contributed by atoms with Crippen LogP contribution in [-0.4, -0.2) is 31.9 Å². The van der Waals surface area contributed by atoms with Crippen molar-refractivity contribution in [1.29, 1.82) is 0 Å². The molecule has 15 heavy (non-hydrogen) atoms. The zero-order valence-electron chi connectivity index (χ0n) is 9.07. The Morgan fingerprint density at radius 3 is 3.13 bits per heavy atom. The fraction of sp³-hybridized carbons (Fsp3) is 0.500. The van der Waals surface area contributed by atoms with Crippen LogP contribution in [0.1, 0.15) is 12.0 Å². The maximum atomic E-state index is 8.77. The third-order valence-electron chi connectivity index (χ3n) is 2.77. The quantitative estimate of drug-likeness (QED) is 0.811. The lowest BCUT2D eigenvalue weighted by molar-refractivity contribution is 0.290. The van der Waals surface area contributed by atoms with Gasteiger partial charge in [-0.25, -0.2) is 0 Å². The van der Waals surface area contributed by atoms with E-state index in [0.29, 0.717) is 0 Å². The Balaban J connectivity index is 2.08. The van der Waals surface area contributed by atoms with E-state index in [2.05, 4.69) is 17.0 Å². The first kappa shape index (κ1) is 10.3. The molecule has 0 saturated carbocycles. The third kappa shape index (κ3) is 2.23. The van der Waals surface area contributed by atoms with Crippen molar-refractivity contribution in [2.45, 2.75) is 12.8 Å². The number of rotatable bonds is 4. The number of anilines is 1. The molecule has 0 atom stereocenters. The fourth-order valence-corrected chi connectivity index (χ4v) is 1.85. The summed E-state index contributed by atoms with van der Waals surface area (Å²) in [5, 5.41) is 8.77. The lowest BCUT2D eigenvalue weighted by Gasteiger charge is -2.19. The number of aliphatic hydroxyl groups excluding tert-OH is 1. The summed E-state index contributed by atoms with van der Waals surface area (Å²) in [7, 11) is 2.05. The van der Waals surface area contributed by atoms with Crippen LogP contribution in [0.5, 0.6) is 5.75 Å². The first-order valence-corrected chi connectivity index (χ1v) is 5.39. The molecule has 0 spiro atoms. The largest absolute Gasteiger partial charge is 0.493 e. The Labute approximate surface area is 90.3 Å². The molecule has 1 aliphatic rings. The Bertz CT molecular complexity index is 338. The second-order valence-corrected chi connectivity index (χ2v) is 3.89. The van der Waals surface area contributed by atoms with E-state index in [9.17, 15) is 0 Å². The first-order chi connectivity index (χ1) is 7.31. The zero-order valence-corrected chi connectivity index (χ0v) is 9.07. The van der Waals surface area contributed by atoms with Crippen molar-refractivity contribution in [2.24, 2.45) is 0 Å². The standard InChI is InChI=1S/C12H17NO2/c1-13(6-2-7-14)11-3-4-12-10(9-11)5-8-15-12/h3-4,9,14H,2,5-8H2,1H3. The van der Waals surface area contributed by atoms with E-state index in [1.54, 1.807) is 0 Å². The van der Waals surface area contributed by atoms with Crippen LogP contribution in [0, 0.1) is 0 Å². The zero-order chi connectivity index (χ0) is 10.7. The first-order valence-electron chi connectivity index (χ1n) is 5.39. The second-order valence-electron chi connectivity index (χ2n) is 3.89. The van der Waals surface area contributed by atoms with Gasteiger partial charge >= 0.3 is 0 Å². The highest BCUT2D eigenvalue weighted by Crippen LogP contribution is 2.29. The van der Waals surface area contributed by atoms with Crippen LogP contribution in [-0.2, 0) is 6.42 Å². The predicted molar refractivity (Wildman–Crippen MR) is 60.6 cm³/mol. The number of aliphatic hydroxyl groups is 1. The number of ether oxygens (including phenoxy) is 1. The SMILES string of the molecule is CN(CCCO)c1ccc2c(c1)CCO2. The van der Waals surface area contributed by atoms with Gasteiger partial charge in [0.2, 0.25) is 0 Å². The van der Waals surface area contributed by atoms with Gasteiger partial charge in [-0.3, -0.25) is 0 Å². The Morgan fingerprint density at radius 2 is 2.33 bits per heavy atom. The van der Waals surface area contributed by atoms with Crippen molar-refractivity contribution < 1.29 is 9.84 Å². The molecule has 0 amide bonds. The number of nitrogens with zero attached hydrogens (tertiary/aromatic N) is 1. The molecule has 0 saturated heterocycles. The van der Waals surface area contributed by atoms with Crippen molar-refractivity contribution >= 4 is 5.69 Å². The maximum absolute atomic E-state index is 8.77. The molecule has 0 bridgehead atoms. The van der Waals surface area contributed by atoms with Crippen molar-refractivity contribution in [3.63, 3.8) is 0 Å². The van der Waals surface area contributed by atoms with Crippen LogP contribution in [0.25, 0.3) is 0 Å². The van der Waals surface area contributed by atoms with Crippen molar-refractivity contribution in [2.75, 3.05) is 31.7 Å².